The predicted molar refractivity (Wildman–Crippen MR) is 100 cm³/mol. The van der Waals surface area contributed by atoms with E-state index in [0.29, 0.717) is 28.4 Å². The lowest BCUT2D eigenvalue weighted by molar-refractivity contribution is 0.0953. The number of rotatable bonds is 6. The highest BCUT2D eigenvalue weighted by atomic mass is 35.5. The third-order valence-corrected chi connectivity index (χ3v) is 4.05. The van der Waals surface area contributed by atoms with E-state index in [9.17, 15) is 9.59 Å². The minimum absolute atomic E-state index is 0.236. The highest BCUT2D eigenvalue weighted by molar-refractivity contribution is 6.34. The van der Waals surface area contributed by atoms with E-state index in [1.807, 2.05) is 19.9 Å². The number of hydrogen-bond acceptors (Lipinski definition) is 3. The van der Waals surface area contributed by atoms with Crippen molar-refractivity contribution in [3.05, 3.63) is 57.9 Å². The molecule has 0 bridgehead atoms. The Kier molecular flexibility index (Phi) is 6.53. The molecule has 2 rings (SSSR count). The van der Waals surface area contributed by atoms with Gasteiger partial charge < -0.3 is 10.6 Å². The Balaban J connectivity index is 2.15. The van der Waals surface area contributed by atoms with Gasteiger partial charge in [-0.15, -0.1) is 0 Å². The summed E-state index contributed by atoms with van der Waals surface area (Å²) in [4.78, 5) is 28.6. The summed E-state index contributed by atoms with van der Waals surface area (Å²) in [7, 11) is 0. The average Bonchev–Trinajstić information content (AvgIpc) is 2.58. The number of anilines is 1. The molecule has 132 valence electrons. The number of amides is 2. The third-order valence-electron chi connectivity index (χ3n) is 3.75. The maximum atomic E-state index is 12.5. The minimum Gasteiger partial charge on any atom is -0.352 e. The molecule has 1 heterocycles. The van der Waals surface area contributed by atoms with E-state index in [1.165, 1.54) is 18.5 Å². The molecule has 0 radical (unpaired) electrons. The van der Waals surface area contributed by atoms with E-state index in [-0.39, 0.29) is 11.8 Å². The number of unbranched alkanes of at least 4 members (excludes halogenated alkanes) is 1. The van der Waals surface area contributed by atoms with Gasteiger partial charge in [-0.2, -0.15) is 0 Å². The number of halogens is 1. The summed E-state index contributed by atoms with van der Waals surface area (Å²) >= 11 is 6.22. The molecule has 0 saturated heterocycles. The molecule has 6 heteroatoms. The molecule has 0 aliphatic heterocycles. The summed E-state index contributed by atoms with van der Waals surface area (Å²) in [5.74, 6) is -0.593. The van der Waals surface area contributed by atoms with Crippen LogP contribution in [-0.2, 0) is 0 Å². The molecule has 2 N–H and O–H groups in total. The molecule has 1 aromatic carbocycles. The maximum absolute atomic E-state index is 12.5. The Morgan fingerprint density at radius 2 is 1.76 bits per heavy atom. The van der Waals surface area contributed by atoms with E-state index < -0.39 is 0 Å². The number of nitrogens with one attached hydrogen (secondary N) is 2. The van der Waals surface area contributed by atoms with Crippen molar-refractivity contribution in [2.75, 3.05) is 11.9 Å². The standard InChI is InChI=1S/C19H22ClN3O2/c1-4-5-6-22-18(24)14-9-15(11-21-10-14)19(25)23-17-13(3)7-12(2)8-16(17)20/h7-11H,4-6H2,1-3H3,(H,22,24)(H,23,25). The van der Waals surface area contributed by atoms with Crippen LogP contribution >= 0.6 is 11.6 Å². The van der Waals surface area contributed by atoms with Gasteiger partial charge in [-0.3, -0.25) is 14.6 Å². The zero-order chi connectivity index (χ0) is 18.4. The van der Waals surface area contributed by atoms with Gasteiger partial charge in [0, 0.05) is 18.9 Å². The van der Waals surface area contributed by atoms with Gasteiger partial charge in [-0.25, -0.2) is 0 Å². The van der Waals surface area contributed by atoms with Gasteiger partial charge in [0.25, 0.3) is 11.8 Å². The minimum atomic E-state index is -0.357. The van der Waals surface area contributed by atoms with Gasteiger partial charge in [0.2, 0.25) is 0 Å². The van der Waals surface area contributed by atoms with Gasteiger partial charge in [0.15, 0.2) is 0 Å². The second-order valence-electron chi connectivity index (χ2n) is 5.96. The van der Waals surface area contributed by atoms with Gasteiger partial charge in [-0.1, -0.05) is 31.0 Å². The number of pyridine rings is 1. The zero-order valence-electron chi connectivity index (χ0n) is 14.6. The first-order valence-corrected chi connectivity index (χ1v) is 8.61. The molecule has 1 aromatic heterocycles. The zero-order valence-corrected chi connectivity index (χ0v) is 15.4. The number of aromatic nitrogens is 1. The lowest BCUT2D eigenvalue weighted by atomic mass is 10.1. The Bertz CT molecular complexity index is 767. The first-order chi connectivity index (χ1) is 11.9. The third kappa shape index (κ3) is 5.03. The first-order valence-electron chi connectivity index (χ1n) is 8.23. The van der Waals surface area contributed by atoms with Crippen LogP contribution in [0.5, 0.6) is 0 Å². The number of aryl methyl sites for hydroxylation is 2. The van der Waals surface area contributed by atoms with Crippen LogP contribution in [0.1, 0.15) is 51.6 Å². The second-order valence-corrected chi connectivity index (χ2v) is 6.37. The first kappa shape index (κ1) is 18.9. The molecule has 0 aliphatic rings. The van der Waals surface area contributed by atoms with Crippen molar-refractivity contribution in [1.82, 2.24) is 10.3 Å². The smallest absolute Gasteiger partial charge is 0.257 e. The molecule has 0 aliphatic carbocycles. The summed E-state index contributed by atoms with van der Waals surface area (Å²) in [5, 5.41) is 6.09. The summed E-state index contributed by atoms with van der Waals surface area (Å²) in [6.07, 6.45) is 4.78. The number of carbonyl (C=O) groups is 2. The fourth-order valence-corrected chi connectivity index (χ4v) is 2.80. The molecule has 2 amide bonds. The summed E-state index contributed by atoms with van der Waals surface area (Å²) in [5.41, 5.74) is 3.12. The summed E-state index contributed by atoms with van der Waals surface area (Å²) in [6.45, 7) is 6.47. The molecule has 0 fully saturated rings. The molecular formula is C19H22ClN3O2. The molecule has 0 atom stereocenters. The predicted octanol–water partition coefficient (Wildman–Crippen LogP) is 4.13. The van der Waals surface area contributed by atoms with Crippen molar-refractivity contribution < 1.29 is 9.59 Å². The number of hydrogen-bond donors (Lipinski definition) is 2. The molecule has 2 aromatic rings. The van der Waals surface area contributed by atoms with Gasteiger partial charge in [0.05, 0.1) is 21.8 Å². The van der Waals surface area contributed by atoms with Crippen molar-refractivity contribution in [1.29, 1.82) is 0 Å². The van der Waals surface area contributed by atoms with Crippen molar-refractivity contribution in [3.63, 3.8) is 0 Å². The highest BCUT2D eigenvalue weighted by Crippen LogP contribution is 2.27. The number of carbonyl (C=O) groups excluding carboxylic acids is 2. The largest absolute Gasteiger partial charge is 0.352 e. The van der Waals surface area contributed by atoms with Crippen molar-refractivity contribution >= 4 is 29.1 Å². The van der Waals surface area contributed by atoms with Gasteiger partial charge in [-0.05, 0) is 43.5 Å². The van der Waals surface area contributed by atoms with Crippen molar-refractivity contribution in [2.24, 2.45) is 0 Å². The number of benzene rings is 1. The van der Waals surface area contributed by atoms with Crippen molar-refractivity contribution in [3.8, 4) is 0 Å². The summed E-state index contributed by atoms with van der Waals surface area (Å²) < 4.78 is 0. The Morgan fingerprint density at radius 3 is 2.40 bits per heavy atom. The SMILES string of the molecule is CCCCNC(=O)c1cncc(C(=O)Nc2c(C)cc(C)cc2Cl)c1. The van der Waals surface area contributed by atoms with E-state index >= 15 is 0 Å². The molecule has 0 spiro atoms. The molecule has 0 saturated carbocycles. The Hall–Kier alpha value is -2.40. The fourth-order valence-electron chi connectivity index (χ4n) is 2.43. The van der Waals surface area contributed by atoms with Crippen molar-refractivity contribution in [2.45, 2.75) is 33.6 Å². The van der Waals surface area contributed by atoms with E-state index in [2.05, 4.69) is 22.5 Å². The van der Waals surface area contributed by atoms with Crippen LogP contribution in [0.2, 0.25) is 5.02 Å². The normalized spacial score (nSPS) is 10.4. The van der Waals surface area contributed by atoms with Crippen LogP contribution in [0.25, 0.3) is 0 Å². The quantitative estimate of drug-likeness (QED) is 0.761. The molecule has 0 unspecified atom stereocenters. The van der Waals surface area contributed by atoms with E-state index in [4.69, 9.17) is 11.6 Å². The van der Waals surface area contributed by atoms with Crippen LogP contribution in [-0.4, -0.2) is 23.3 Å². The van der Waals surface area contributed by atoms with E-state index in [0.717, 1.165) is 24.0 Å². The molecule has 5 nitrogen and oxygen atoms in total. The lowest BCUT2D eigenvalue weighted by Crippen LogP contribution is -2.25. The van der Waals surface area contributed by atoms with Crippen LogP contribution in [0.4, 0.5) is 5.69 Å². The van der Waals surface area contributed by atoms with Crippen LogP contribution in [0, 0.1) is 13.8 Å². The average molecular weight is 360 g/mol. The number of nitrogens with zero attached hydrogens (tertiary/aromatic N) is 1. The summed E-state index contributed by atoms with van der Waals surface area (Å²) in [6, 6.07) is 5.26. The Labute approximate surface area is 152 Å². The van der Waals surface area contributed by atoms with Gasteiger partial charge >= 0.3 is 0 Å². The molecular weight excluding hydrogens is 338 g/mol. The maximum Gasteiger partial charge on any atom is 0.257 e. The van der Waals surface area contributed by atoms with Crippen LogP contribution < -0.4 is 10.6 Å². The van der Waals surface area contributed by atoms with Crippen LogP contribution in [0.15, 0.2) is 30.6 Å². The highest BCUT2D eigenvalue weighted by Gasteiger charge is 2.14. The second kappa shape index (κ2) is 8.62. The monoisotopic (exact) mass is 359 g/mol. The lowest BCUT2D eigenvalue weighted by Gasteiger charge is -2.12. The Morgan fingerprint density at radius 1 is 1.08 bits per heavy atom. The van der Waals surface area contributed by atoms with Crippen LogP contribution in [0.3, 0.4) is 0 Å². The molecule has 25 heavy (non-hydrogen) atoms. The fraction of sp³-hybridized carbons (Fsp3) is 0.316. The van der Waals surface area contributed by atoms with E-state index in [1.54, 1.807) is 6.07 Å². The topological polar surface area (TPSA) is 71.1 Å². The van der Waals surface area contributed by atoms with Gasteiger partial charge in [0.1, 0.15) is 0 Å².